The molecule has 23 heavy (non-hydrogen) atoms. The fourth-order valence-corrected chi connectivity index (χ4v) is 2.81. The number of aliphatic carboxylic acids is 1. The van der Waals surface area contributed by atoms with Gasteiger partial charge < -0.3 is 20.2 Å². The van der Waals surface area contributed by atoms with E-state index in [-0.39, 0.29) is 12.6 Å². The second-order valence-corrected chi connectivity index (χ2v) is 6.07. The van der Waals surface area contributed by atoms with Crippen molar-refractivity contribution in [1.29, 1.82) is 0 Å². The summed E-state index contributed by atoms with van der Waals surface area (Å²) < 4.78 is 0. The number of anilines is 1. The van der Waals surface area contributed by atoms with E-state index >= 15 is 0 Å². The lowest BCUT2D eigenvalue weighted by Gasteiger charge is -2.21. The van der Waals surface area contributed by atoms with Gasteiger partial charge in [0.2, 0.25) is 0 Å². The van der Waals surface area contributed by atoms with Crippen molar-refractivity contribution in [2.45, 2.75) is 19.8 Å². The van der Waals surface area contributed by atoms with Crippen LogP contribution in [0.5, 0.6) is 0 Å². The Labute approximate surface area is 137 Å². The van der Waals surface area contributed by atoms with Crippen LogP contribution in [-0.4, -0.2) is 55.2 Å². The fraction of sp³-hybridized carbons (Fsp3) is 0.529. The van der Waals surface area contributed by atoms with Gasteiger partial charge in [-0.05, 0) is 24.5 Å². The summed E-state index contributed by atoms with van der Waals surface area (Å²) in [6.07, 6.45) is 1.95. The zero-order valence-electron chi connectivity index (χ0n) is 13.8. The Morgan fingerprint density at radius 2 is 2.13 bits per heavy atom. The number of nitrogens with zero attached hydrogens (tertiary/aromatic N) is 2. The number of benzene rings is 1. The molecule has 1 aliphatic rings. The third-order valence-corrected chi connectivity index (χ3v) is 4.18. The van der Waals surface area contributed by atoms with Crippen molar-refractivity contribution in [3.05, 3.63) is 29.8 Å². The van der Waals surface area contributed by atoms with Crippen LogP contribution in [0.3, 0.4) is 0 Å². The highest BCUT2D eigenvalue weighted by Gasteiger charge is 2.18. The van der Waals surface area contributed by atoms with E-state index in [0.717, 1.165) is 25.9 Å². The summed E-state index contributed by atoms with van der Waals surface area (Å²) in [6.45, 7) is 4.33. The smallest absolute Gasteiger partial charge is 0.317 e. The largest absolute Gasteiger partial charge is 0.481 e. The molecule has 0 aromatic heterocycles. The van der Waals surface area contributed by atoms with Crippen molar-refractivity contribution >= 4 is 17.7 Å². The molecular formula is C17H25N3O3. The van der Waals surface area contributed by atoms with Gasteiger partial charge in [0.1, 0.15) is 0 Å². The maximum Gasteiger partial charge on any atom is 0.317 e. The molecule has 126 valence electrons. The molecule has 1 aromatic rings. The van der Waals surface area contributed by atoms with Crippen LogP contribution in [0, 0.1) is 5.92 Å². The fourth-order valence-electron chi connectivity index (χ4n) is 2.81. The molecule has 1 aliphatic heterocycles. The molecule has 0 fully saturated rings. The van der Waals surface area contributed by atoms with Crippen molar-refractivity contribution in [3.63, 3.8) is 0 Å². The predicted molar refractivity (Wildman–Crippen MR) is 89.8 cm³/mol. The quantitative estimate of drug-likeness (QED) is 0.752. The monoisotopic (exact) mass is 319 g/mol. The second-order valence-electron chi connectivity index (χ2n) is 6.07. The van der Waals surface area contributed by atoms with Gasteiger partial charge in [-0.2, -0.15) is 0 Å². The molecule has 1 aromatic carbocycles. The Hall–Kier alpha value is -2.24. The highest BCUT2D eigenvalue weighted by molar-refractivity contribution is 5.75. The number of fused-ring (bicyclic) bond motifs is 1. The van der Waals surface area contributed by atoms with Gasteiger partial charge in [0.25, 0.3) is 0 Å². The molecule has 1 atom stereocenters. The van der Waals surface area contributed by atoms with Gasteiger partial charge in [0.15, 0.2) is 0 Å². The molecule has 0 aliphatic carbocycles. The van der Waals surface area contributed by atoms with Crippen LogP contribution in [0.15, 0.2) is 24.3 Å². The van der Waals surface area contributed by atoms with Crippen LogP contribution in [0.1, 0.15) is 18.9 Å². The molecule has 0 saturated heterocycles. The van der Waals surface area contributed by atoms with E-state index in [1.165, 1.54) is 16.2 Å². The van der Waals surface area contributed by atoms with Gasteiger partial charge in [-0.25, -0.2) is 4.79 Å². The minimum absolute atomic E-state index is 0.209. The SMILES string of the molecule is CC(CN(C)C(=O)NCCCN1CCc2ccccc21)C(=O)O. The minimum atomic E-state index is -0.891. The maximum absolute atomic E-state index is 11.9. The zero-order valence-corrected chi connectivity index (χ0v) is 13.8. The normalized spacial score (nSPS) is 14.3. The van der Waals surface area contributed by atoms with Gasteiger partial charge in [0, 0.05) is 38.9 Å². The second kappa shape index (κ2) is 7.85. The lowest BCUT2D eigenvalue weighted by molar-refractivity contribution is -0.141. The number of carboxylic acids is 1. The van der Waals surface area contributed by atoms with E-state index in [4.69, 9.17) is 5.11 Å². The minimum Gasteiger partial charge on any atom is -0.481 e. The number of carbonyl (C=O) groups is 2. The van der Waals surface area contributed by atoms with Crippen LogP contribution in [0.4, 0.5) is 10.5 Å². The van der Waals surface area contributed by atoms with E-state index in [1.54, 1.807) is 14.0 Å². The van der Waals surface area contributed by atoms with Crippen molar-refractivity contribution in [3.8, 4) is 0 Å². The number of hydrogen-bond acceptors (Lipinski definition) is 3. The van der Waals surface area contributed by atoms with Crippen molar-refractivity contribution < 1.29 is 14.7 Å². The van der Waals surface area contributed by atoms with Crippen LogP contribution in [0.25, 0.3) is 0 Å². The first-order chi connectivity index (χ1) is 11.0. The van der Waals surface area contributed by atoms with Crippen LogP contribution in [0.2, 0.25) is 0 Å². The molecule has 0 bridgehead atoms. The van der Waals surface area contributed by atoms with Gasteiger partial charge in [-0.15, -0.1) is 0 Å². The molecule has 0 radical (unpaired) electrons. The summed E-state index contributed by atoms with van der Waals surface area (Å²) in [7, 11) is 1.62. The maximum atomic E-state index is 11.9. The van der Waals surface area contributed by atoms with E-state index in [2.05, 4.69) is 34.5 Å². The third kappa shape index (κ3) is 4.61. The summed E-state index contributed by atoms with van der Waals surface area (Å²) in [5.74, 6) is -1.45. The average molecular weight is 319 g/mol. The first kappa shape index (κ1) is 17.1. The molecule has 1 unspecified atom stereocenters. The Morgan fingerprint density at radius 3 is 2.87 bits per heavy atom. The number of urea groups is 1. The number of rotatable bonds is 7. The number of hydrogen-bond donors (Lipinski definition) is 2. The summed E-state index contributed by atoms with van der Waals surface area (Å²) >= 11 is 0. The van der Waals surface area contributed by atoms with Crippen LogP contribution < -0.4 is 10.2 Å². The van der Waals surface area contributed by atoms with Crippen molar-refractivity contribution in [1.82, 2.24) is 10.2 Å². The molecule has 0 saturated carbocycles. The van der Waals surface area contributed by atoms with E-state index in [1.807, 2.05) is 0 Å². The topological polar surface area (TPSA) is 72.9 Å². The van der Waals surface area contributed by atoms with Crippen molar-refractivity contribution in [2.24, 2.45) is 5.92 Å². The highest BCUT2D eigenvalue weighted by atomic mass is 16.4. The van der Waals surface area contributed by atoms with Gasteiger partial charge >= 0.3 is 12.0 Å². The molecule has 6 heteroatoms. The van der Waals surface area contributed by atoms with Gasteiger partial charge in [-0.3, -0.25) is 4.79 Å². The molecule has 0 spiro atoms. The lowest BCUT2D eigenvalue weighted by atomic mass is 10.2. The Kier molecular flexibility index (Phi) is 5.84. The summed E-state index contributed by atoms with van der Waals surface area (Å²) in [5.41, 5.74) is 2.69. The predicted octanol–water partition coefficient (Wildman–Crippen LogP) is 1.80. The molecule has 2 amide bonds. The molecule has 6 nitrogen and oxygen atoms in total. The van der Waals surface area contributed by atoms with Gasteiger partial charge in [0.05, 0.1) is 5.92 Å². The van der Waals surface area contributed by atoms with E-state index in [9.17, 15) is 9.59 Å². The van der Waals surface area contributed by atoms with Crippen LogP contribution in [-0.2, 0) is 11.2 Å². The summed E-state index contributed by atoms with van der Waals surface area (Å²) in [6, 6.07) is 8.20. The first-order valence-corrected chi connectivity index (χ1v) is 8.03. The highest BCUT2D eigenvalue weighted by Crippen LogP contribution is 2.27. The summed E-state index contributed by atoms with van der Waals surface area (Å²) in [5, 5.41) is 11.7. The number of carbonyl (C=O) groups excluding carboxylic acids is 1. The summed E-state index contributed by atoms with van der Waals surface area (Å²) in [4.78, 5) is 26.5. The Balaban J connectivity index is 1.68. The molecule has 2 N–H and O–H groups in total. The Bertz CT molecular complexity index is 562. The number of amides is 2. The lowest BCUT2D eigenvalue weighted by Crippen LogP contribution is -2.41. The molecule has 2 rings (SSSR count). The van der Waals surface area contributed by atoms with E-state index in [0.29, 0.717) is 6.54 Å². The number of nitrogens with one attached hydrogen (secondary N) is 1. The third-order valence-electron chi connectivity index (χ3n) is 4.18. The average Bonchev–Trinajstić information content (AvgIpc) is 2.94. The number of carboxylic acid groups (broad SMARTS) is 1. The van der Waals surface area contributed by atoms with E-state index < -0.39 is 11.9 Å². The zero-order chi connectivity index (χ0) is 16.8. The van der Waals surface area contributed by atoms with Gasteiger partial charge in [-0.1, -0.05) is 25.1 Å². The first-order valence-electron chi connectivity index (χ1n) is 8.03. The molecule has 1 heterocycles. The Morgan fingerprint density at radius 1 is 1.39 bits per heavy atom. The standard InChI is InChI=1S/C17H25N3O3/c1-13(16(21)22)12-19(2)17(23)18-9-5-10-20-11-8-14-6-3-4-7-15(14)20/h3-4,6-7,13H,5,8-12H2,1-2H3,(H,18,23)(H,21,22). The van der Waals surface area contributed by atoms with Crippen molar-refractivity contribution in [2.75, 3.05) is 38.1 Å². The molecular weight excluding hydrogens is 294 g/mol. The van der Waals surface area contributed by atoms with Crippen LogP contribution >= 0.6 is 0 Å². The number of para-hydroxylation sites is 1.